The van der Waals surface area contributed by atoms with Crippen LogP contribution in [0.5, 0.6) is 0 Å². The summed E-state index contributed by atoms with van der Waals surface area (Å²) in [5.41, 5.74) is 2.87. The molecule has 1 saturated heterocycles. The summed E-state index contributed by atoms with van der Waals surface area (Å²) in [6.45, 7) is 3.19. The summed E-state index contributed by atoms with van der Waals surface area (Å²) >= 11 is 0. The molecular formula is C31H37N3O2. The van der Waals surface area contributed by atoms with Crippen LogP contribution in [0.15, 0.2) is 60.7 Å². The smallest absolute Gasteiger partial charge is 0.242 e. The number of nitrogens with one attached hydrogen (secondary N) is 1. The van der Waals surface area contributed by atoms with Gasteiger partial charge in [0.15, 0.2) is 0 Å². The highest BCUT2D eigenvalue weighted by Crippen LogP contribution is 2.78. The summed E-state index contributed by atoms with van der Waals surface area (Å²) < 4.78 is 0. The Morgan fingerprint density at radius 2 is 1.50 bits per heavy atom. The Morgan fingerprint density at radius 1 is 0.833 bits per heavy atom. The lowest BCUT2D eigenvalue weighted by molar-refractivity contribution is -0.138. The van der Waals surface area contributed by atoms with Gasteiger partial charge in [-0.15, -0.1) is 0 Å². The summed E-state index contributed by atoms with van der Waals surface area (Å²) in [6, 6.07) is 21.5. The number of hydrogen-bond acceptors (Lipinski definition) is 3. The zero-order valence-corrected chi connectivity index (χ0v) is 21.1. The SMILES string of the molecule is O=C(CNC(=O)C12CC3CC4CC(C1)C4(C3)C2)N1CCN(C(c2ccccc2)c2ccccc2)CC1. The minimum atomic E-state index is -0.184. The second kappa shape index (κ2) is 8.44. The van der Waals surface area contributed by atoms with Crippen molar-refractivity contribution < 1.29 is 9.59 Å². The Bertz CT molecular complexity index is 1100. The third kappa shape index (κ3) is 3.46. The summed E-state index contributed by atoms with van der Waals surface area (Å²) in [4.78, 5) is 30.9. The van der Waals surface area contributed by atoms with E-state index in [1.54, 1.807) is 0 Å². The highest BCUT2D eigenvalue weighted by Gasteiger charge is 2.72. The normalized spacial score (nSPS) is 34.5. The maximum atomic E-state index is 13.4. The fourth-order valence-electron chi connectivity index (χ4n) is 9.19. The van der Waals surface area contributed by atoms with Crippen LogP contribution in [-0.2, 0) is 9.59 Å². The van der Waals surface area contributed by atoms with E-state index in [1.807, 2.05) is 4.90 Å². The quantitative estimate of drug-likeness (QED) is 0.668. The van der Waals surface area contributed by atoms with Gasteiger partial charge in [0.25, 0.3) is 0 Å². The Labute approximate surface area is 214 Å². The van der Waals surface area contributed by atoms with Gasteiger partial charge in [-0.05, 0) is 72.8 Å². The van der Waals surface area contributed by atoms with E-state index in [1.165, 1.54) is 30.4 Å². The number of piperazine rings is 1. The maximum Gasteiger partial charge on any atom is 0.242 e. The van der Waals surface area contributed by atoms with Crippen LogP contribution in [0.25, 0.3) is 0 Å². The van der Waals surface area contributed by atoms with Crippen molar-refractivity contribution in [2.75, 3.05) is 32.7 Å². The molecule has 0 radical (unpaired) electrons. The highest BCUT2D eigenvalue weighted by molar-refractivity contribution is 5.88. The monoisotopic (exact) mass is 483 g/mol. The molecule has 36 heavy (non-hydrogen) atoms. The Balaban J connectivity index is 0.970. The summed E-state index contributed by atoms with van der Waals surface area (Å²) in [5.74, 6) is 2.63. The summed E-state index contributed by atoms with van der Waals surface area (Å²) in [6.07, 6.45) is 7.28. The lowest BCUT2D eigenvalue weighted by atomic mass is 9.55. The van der Waals surface area contributed by atoms with Crippen molar-refractivity contribution in [1.82, 2.24) is 15.1 Å². The van der Waals surface area contributed by atoms with Gasteiger partial charge >= 0.3 is 0 Å². The van der Waals surface area contributed by atoms with Gasteiger partial charge in [-0.2, -0.15) is 0 Å². The van der Waals surface area contributed by atoms with Gasteiger partial charge in [0.1, 0.15) is 0 Å². The zero-order valence-electron chi connectivity index (χ0n) is 21.1. The first-order valence-electron chi connectivity index (χ1n) is 14.0. The molecule has 1 heterocycles. The third-order valence-electron chi connectivity index (χ3n) is 10.6. The summed E-state index contributed by atoms with van der Waals surface area (Å²) in [7, 11) is 0. The molecule has 5 aliphatic rings. The minimum absolute atomic E-state index is 0.0613. The first-order valence-corrected chi connectivity index (χ1v) is 14.0. The van der Waals surface area contributed by atoms with Gasteiger partial charge in [-0.3, -0.25) is 14.5 Å². The van der Waals surface area contributed by atoms with Crippen LogP contribution in [0, 0.1) is 28.6 Å². The molecule has 0 aromatic heterocycles. The van der Waals surface area contributed by atoms with E-state index >= 15 is 0 Å². The average molecular weight is 484 g/mol. The van der Waals surface area contributed by atoms with Crippen molar-refractivity contribution in [2.45, 2.75) is 44.6 Å². The van der Waals surface area contributed by atoms with E-state index in [4.69, 9.17) is 0 Å². The number of amides is 2. The molecule has 3 bridgehead atoms. The lowest BCUT2D eigenvalue weighted by Crippen LogP contribution is -2.53. The molecule has 1 spiro atoms. The Hall–Kier alpha value is -2.66. The molecule has 5 fully saturated rings. The van der Waals surface area contributed by atoms with Crippen LogP contribution in [0.3, 0.4) is 0 Å². The molecular weight excluding hydrogens is 446 g/mol. The van der Waals surface area contributed by atoms with Gasteiger partial charge in [-0.1, -0.05) is 60.7 Å². The molecule has 7 rings (SSSR count). The molecule has 5 heteroatoms. The van der Waals surface area contributed by atoms with Crippen LogP contribution in [-0.4, -0.2) is 54.3 Å². The number of carbonyl (C=O) groups is 2. The molecule has 5 unspecified atom stereocenters. The molecule has 2 aromatic carbocycles. The second-order valence-corrected chi connectivity index (χ2v) is 12.4. The number of rotatable bonds is 6. The first kappa shape index (κ1) is 22.5. The third-order valence-corrected chi connectivity index (χ3v) is 10.6. The van der Waals surface area contributed by atoms with Gasteiger partial charge in [0, 0.05) is 26.2 Å². The van der Waals surface area contributed by atoms with E-state index in [-0.39, 0.29) is 29.8 Å². The average Bonchev–Trinajstić information content (AvgIpc) is 3.24. The van der Waals surface area contributed by atoms with E-state index < -0.39 is 0 Å². The zero-order chi connectivity index (χ0) is 24.3. The van der Waals surface area contributed by atoms with E-state index in [9.17, 15) is 9.59 Å². The Morgan fingerprint density at radius 3 is 2.17 bits per heavy atom. The van der Waals surface area contributed by atoms with Crippen molar-refractivity contribution in [1.29, 1.82) is 0 Å². The van der Waals surface area contributed by atoms with Crippen LogP contribution in [0.1, 0.15) is 55.7 Å². The number of benzene rings is 2. The Kier molecular flexibility index (Phi) is 5.28. The van der Waals surface area contributed by atoms with Gasteiger partial charge in [0.2, 0.25) is 11.8 Å². The van der Waals surface area contributed by atoms with E-state index in [0.29, 0.717) is 18.5 Å². The molecule has 1 N–H and O–H groups in total. The standard InChI is InChI=1S/C31H37N3O2/c35-27(20-32-29(36)30-17-22-15-25-16-26(19-30)31(25,18-22)21-30)33-11-13-34(14-12-33)28(23-7-3-1-4-8-23)24-9-5-2-6-10-24/h1-10,22,25-26,28H,11-21H2,(H,32,36). The second-order valence-electron chi connectivity index (χ2n) is 12.4. The number of fused-ring (bicyclic) bond motifs is 2. The molecule has 4 aliphatic carbocycles. The number of nitrogens with zero attached hydrogens (tertiary/aromatic N) is 2. The number of hydrogen-bond donors (Lipinski definition) is 1. The first-order chi connectivity index (χ1) is 17.6. The van der Waals surface area contributed by atoms with Crippen LogP contribution >= 0.6 is 0 Å². The van der Waals surface area contributed by atoms with Gasteiger partial charge in [0.05, 0.1) is 18.0 Å². The van der Waals surface area contributed by atoms with Crippen molar-refractivity contribution in [3.05, 3.63) is 71.8 Å². The van der Waals surface area contributed by atoms with Crippen molar-refractivity contribution in [3.63, 3.8) is 0 Å². The van der Waals surface area contributed by atoms with E-state index in [2.05, 4.69) is 70.9 Å². The lowest BCUT2D eigenvalue weighted by Gasteiger charge is -2.49. The molecule has 4 saturated carbocycles. The predicted octanol–water partition coefficient (Wildman–Crippen LogP) is 4.25. The van der Waals surface area contributed by atoms with Crippen LogP contribution in [0.4, 0.5) is 0 Å². The van der Waals surface area contributed by atoms with Gasteiger partial charge in [-0.25, -0.2) is 0 Å². The summed E-state index contributed by atoms with van der Waals surface area (Å²) in [5, 5.41) is 3.11. The molecule has 5 atom stereocenters. The van der Waals surface area contributed by atoms with E-state index in [0.717, 1.165) is 50.1 Å². The highest BCUT2D eigenvalue weighted by atomic mass is 16.2. The molecule has 1 aliphatic heterocycles. The fraction of sp³-hybridized carbons (Fsp3) is 0.548. The molecule has 188 valence electrons. The van der Waals surface area contributed by atoms with Crippen molar-refractivity contribution in [3.8, 4) is 0 Å². The molecule has 2 aromatic rings. The van der Waals surface area contributed by atoms with Gasteiger partial charge < -0.3 is 10.2 Å². The fourth-order valence-corrected chi connectivity index (χ4v) is 9.19. The predicted molar refractivity (Wildman–Crippen MR) is 139 cm³/mol. The van der Waals surface area contributed by atoms with Crippen LogP contribution < -0.4 is 5.32 Å². The number of carbonyl (C=O) groups excluding carboxylic acids is 2. The topological polar surface area (TPSA) is 52.7 Å². The molecule has 2 amide bonds. The van der Waals surface area contributed by atoms with Crippen molar-refractivity contribution in [2.24, 2.45) is 28.6 Å². The maximum absolute atomic E-state index is 13.4. The molecule has 5 nitrogen and oxygen atoms in total. The van der Waals surface area contributed by atoms with Crippen LogP contribution in [0.2, 0.25) is 0 Å². The van der Waals surface area contributed by atoms with Crippen molar-refractivity contribution >= 4 is 11.8 Å². The largest absolute Gasteiger partial charge is 0.347 e. The minimum Gasteiger partial charge on any atom is -0.347 e.